The Morgan fingerprint density at radius 2 is 2.00 bits per heavy atom. The average molecular weight is 296 g/mol. The molecule has 1 aromatic carbocycles. The summed E-state index contributed by atoms with van der Waals surface area (Å²) in [5.41, 5.74) is 1.38. The molecule has 1 heterocycles. The van der Waals surface area contributed by atoms with E-state index in [9.17, 15) is 4.79 Å². The van der Waals surface area contributed by atoms with Gasteiger partial charge in [0.15, 0.2) is 0 Å². The van der Waals surface area contributed by atoms with Crippen LogP contribution in [0.25, 0.3) is 0 Å². The molecule has 0 bridgehead atoms. The second-order valence-corrected chi connectivity index (χ2v) is 5.78. The highest BCUT2D eigenvalue weighted by molar-refractivity contribution is 6.18. The van der Waals surface area contributed by atoms with Gasteiger partial charge in [-0.15, -0.1) is 11.6 Å². The van der Waals surface area contributed by atoms with Crippen LogP contribution < -0.4 is 0 Å². The lowest BCUT2D eigenvalue weighted by Crippen LogP contribution is -2.40. The Balaban J connectivity index is 1.76. The van der Waals surface area contributed by atoms with Gasteiger partial charge in [-0.05, 0) is 37.7 Å². The molecule has 3 nitrogen and oxygen atoms in total. The van der Waals surface area contributed by atoms with Gasteiger partial charge in [0.05, 0.1) is 5.88 Å². The number of hydrogen-bond donors (Lipinski definition) is 0. The molecule has 2 rings (SSSR count). The van der Waals surface area contributed by atoms with Crippen LogP contribution in [0.1, 0.15) is 25.3 Å². The number of hydrogen-bond acceptors (Lipinski definition) is 2. The molecule has 1 amide bonds. The van der Waals surface area contributed by atoms with Gasteiger partial charge in [-0.3, -0.25) is 0 Å². The highest BCUT2D eigenvalue weighted by Gasteiger charge is 2.24. The molecule has 0 radical (unpaired) electrons. The summed E-state index contributed by atoms with van der Waals surface area (Å²) in [5.74, 6) is 1.00. The molecule has 20 heavy (non-hydrogen) atoms. The van der Waals surface area contributed by atoms with Crippen molar-refractivity contribution in [2.75, 3.05) is 19.0 Å². The molecule has 1 saturated heterocycles. The van der Waals surface area contributed by atoms with Crippen LogP contribution in [0.5, 0.6) is 0 Å². The van der Waals surface area contributed by atoms with Gasteiger partial charge in [-0.25, -0.2) is 4.79 Å². The standard InChI is InChI=1S/C16H22ClNO2/c1-13(12-17)20-16(19)18-9-7-15(8-10-18)11-14-5-3-2-4-6-14/h2-6,13,15H,7-12H2,1H3. The lowest BCUT2D eigenvalue weighted by Gasteiger charge is -2.32. The molecular formula is C16H22ClNO2. The van der Waals surface area contributed by atoms with Crippen LogP contribution in [0.4, 0.5) is 4.79 Å². The van der Waals surface area contributed by atoms with E-state index in [2.05, 4.69) is 24.3 Å². The van der Waals surface area contributed by atoms with E-state index in [1.54, 1.807) is 4.90 Å². The van der Waals surface area contributed by atoms with Crippen LogP contribution in [0, 0.1) is 5.92 Å². The number of rotatable bonds is 4. The summed E-state index contributed by atoms with van der Waals surface area (Å²) in [4.78, 5) is 13.7. The third kappa shape index (κ3) is 4.41. The minimum atomic E-state index is -0.226. The zero-order valence-corrected chi connectivity index (χ0v) is 12.7. The van der Waals surface area contributed by atoms with E-state index in [0.717, 1.165) is 32.4 Å². The van der Waals surface area contributed by atoms with Crippen molar-refractivity contribution in [3.63, 3.8) is 0 Å². The number of likely N-dealkylation sites (tertiary alicyclic amines) is 1. The van der Waals surface area contributed by atoms with Gasteiger partial charge in [0.25, 0.3) is 0 Å². The SMILES string of the molecule is CC(CCl)OC(=O)N1CCC(Cc2ccccc2)CC1. The molecule has 1 atom stereocenters. The van der Waals surface area contributed by atoms with E-state index >= 15 is 0 Å². The number of carbonyl (C=O) groups excluding carboxylic acids is 1. The molecule has 1 unspecified atom stereocenters. The molecule has 0 spiro atoms. The second kappa shape index (κ2) is 7.53. The summed E-state index contributed by atoms with van der Waals surface area (Å²) in [6.45, 7) is 3.38. The van der Waals surface area contributed by atoms with Gasteiger partial charge in [0.2, 0.25) is 0 Å². The smallest absolute Gasteiger partial charge is 0.410 e. The number of nitrogens with zero attached hydrogens (tertiary/aromatic N) is 1. The summed E-state index contributed by atoms with van der Waals surface area (Å²) >= 11 is 5.65. The highest BCUT2D eigenvalue weighted by Crippen LogP contribution is 2.22. The fraction of sp³-hybridized carbons (Fsp3) is 0.562. The Hall–Kier alpha value is -1.22. The number of amides is 1. The zero-order chi connectivity index (χ0) is 14.4. The average Bonchev–Trinajstić information content (AvgIpc) is 2.49. The Kier molecular flexibility index (Phi) is 5.72. The maximum absolute atomic E-state index is 11.9. The van der Waals surface area contributed by atoms with Crippen LogP contribution in [-0.4, -0.2) is 36.1 Å². The largest absolute Gasteiger partial charge is 0.445 e. The Morgan fingerprint density at radius 1 is 1.35 bits per heavy atom. The first kappa shape index (κ1) is 15.2. The van der Waals surface area contributed by atoms with E-state index in [0.29, 0.717) is 11.8 Å². The van der Waals surface area contributed by atoms with E-state index in [1.807, 2.05) is 13.0 Å². The number of ether oxygens (including phenoxy) is 1. The van der Waals surface area contributed by atoms with Gasteiger partial charge >= 0.3 is 6.09 Å². The molecule has 0 aliphatic carbocycles. The predicted molar refractivity (Wildman–Crippen MR) is 81.1 cm³/mol. The van der Waals surface area contributed by atoms with Crippen molar-refractivity contribution >= 4 is 17.7 Å². The molecular weight excluding hydrogens is 274 g/mol. The molecule has 4 heteroatoms. The van der Waals surface area contributed by atoms with Gasteiger partial charge < -0.3 is 9.64 Å². The van der Waals surface area contributed by atoms with Crippen LogP contribution >= 0.6 is 11.6 Å². The summed E-state index contributed by atoms with van der Waals surface area (Å²) in [6, 6.07) is 10.5. The van der Waals surface area contributed by atoms with E-state index < -0.39 is 0 Å². The van der Waals surface area contributed by atoms with Crippen LogP contribution in [0.2, 0.25) is 0 Å². The summed E-state index contributed by atoms with van der Waals surface area (Å²) in [7, 11) is 0. The van der Waals surface area contributed by atoms with Crippen molar-refractivity contribution in [1.82, 2.24) is 4.90 Å². The second-order valence-electron chi connectivity index (χ2n) is 5.47. The third-order valence-electron chi connectivity index (χ3n) is 3.76. The summed E-state index contributed by atoms with van der Waals surface area (Å²) in [5, 5.41) is 0. The number of halogens is 1. The fourth-order valence-corrected chi connectivity index (χ4v) is 2.61. The molecule has 1 aromatic rings. The number of benzene rings is 1. The summed E-state index contributed by atoms with van der Waals surface area (Å²) in [6.07, 6.45) is 2.74. The predicted octanol–water partition coefficient (Wildman–Crippen LogP) is 3.71. The van der Waals surface area contributed by atoms with Gasteiger partial charge in [-0.1, -0.05) is 30.3 Å². The molecule has 0 saturated carbocycles. The van der Waals surface area contributed by atoms with Gasteiger partial charge in [0.1, 0.15) is 6.10 Å². The van der Waals surface area contributed by atoms with Crippen molar-refractivity contribution in [3.05, 3.63) is 35.9 Å². The van der Waals surface area contributed by atoms with E-state index in [1.165, 1.54) is 5.56 Å². The summed E-state index contributed by atoms with van der Waals surface area (Å²) < 4.78 is 5.25. The van der Waals surface area contributed by atoms with E-state index in [4.69, 9.17) is 16.3 Å². The van der Waals surface area contributed by atoms with Crippen LogP contribution in [-0.2, 0) is 11.2 Å². The Bertz CT molecular complexity index is 416. The maximum atomic E-state index is 11.9. The van der Waals surface area contributed by atoms with Crippen LogP contribution in [0.15, 0.2) is 30.3 Å². The minimum absolute atomic E-state index is 0.216. The number of alkyl halides is 1. The number of piperidine rings is 1. The first-order valence-electron chi connectivity index (χ1n) is 7.24. The first-order chi connectivity index (χ1) is 9.69. The molecule has 1 aliphatic heterocycles. The third-order valence-corrected chi connectivity index (χ3v) is 4.19. The van der Waals surface area contributed by atoms with Crippen molar-refractivity contribution in [3.8, 4) is 0 Å². The normalized spacial score (nSPS) is 17.8. The number of carbonyl (C=O) groups is 1. The quantitative estimate of drug-likeness (QED) is 0.793. The molecule has 1 aliphatic rings. The molecule has 1 fully saturated rings. The Labute approximate surface area is 125 Å². The maximum Gasteiger partial charge on any atom is 0.410 e. The molecule has 0 N–H and O–H groups in total. The van der Waals surface area contributed by atoms with Crippen molar-refractivity contribution in [1.29, 1.82) is 0 Å². The first-order valence-corrected chi connectivity index (χ1v) is 7.78. The molecule has 110 valence electrons. The highest BCUT2D eigenvalue weighted by atomic mass is 35.5. The van der Waals surface area contributed by atoms with Gasteiger partial charge in [0, 0.05) is 13.1 Å². The lowest BCUT2D eigenvalue weighted by molar-refractivity contribution is 0.0664. The van der Waals surface area contributed by atoms with Crippen LogP contribution in [0.3, 0.4) is 0 Å². The lowest BCUT2D eigenvalue weighted by atomic mass is 9.90. The Morgan fingerprint density at radius 3 is 2.60 bits per heavy atom. The minimum Gasteiger partial charge on any atom is -0.445 e. The van der Waals surface area contributed by atoms with Gasteiger partial charge in [-0.2, -0.15) is 0 Å². The van der Waals surface area contributed by atoms with Crippen molar-refractivity contribution in [2.24, 2.45) is 5.92 Å². The van der Waals surface area contributed by atoms with Crippen molar-refractivity contribution in [2.45, 2.75) is 32.3 Å². The molecule has 0 aromatic heterocycles. The zero-order valence-electron chi connectivity index (χ0n) is 11.9. The van der Waals surface area contributed by atoms with E-state index in [-0.39, 0.29) is 12.2 Å². The van der Waals surface area contributed by atoms with Crippen molar-refractivity contribution < 1.29 is 9.53 Å². The fourth-order valence-electron chi connectivity index (χ4n) is 2.55. The topological polar surface area (TPSA) is 29.5 Å². The monoisotopic (exact) mass is 295 g/mol.